The van der Waals surface area contributed by atoms with Crippen LogP contribution in [0.2, 0.25) is 0 Å². The summed E-state index contributed by atoms with van der Waals surface area (Å²) in [6.45, 7) is 5.51. The molecule has 3 nitrogen and oxygen atoms in total. The van der Waals surface area contributed by atoms with Crippen molar-refractivity contribution in [1.29, 1.82) is 0 Å². The molecule has 2 fully saturated rings. The van der Waals surface area contributed by atoms with Crippen LogP contribution in [0.25, 0.3) is 0 Å². The zero-order chi connectivity index (χ0) is 9.10. The van der Waals surface area contributed by atoms with Crippen LogP contribution in [0.5, 0.6) is 0 Å². The van der Waals surface area contributed by atoms with Crippen LogP contribution in [0.15, 0.2) is 0 Å². The van der Waals surface area contributed by atoms with Crippen molar-refractivity contribution in [1.82, 2.24) is 10.2 Å². The summed E-state index contributed by atoms with van der Waals surface area (Å²) in [5.41, 5.74) is 0. The van der Waals surface area contributed by atoms with Gasteiger partial charge in [-0.3, -0.25) is 0 Å². The maximum absolute atomic E-state index is 5.47. The molecular weight excluding hydrogens is 164 g/mol. The van der Waals surface area contributed by atoms with Crippen LogP contribution < -0.4 is 5.32 Å². The molecule has 2 aliphatic rings. The molecule has 0 aliphatic carbocycles. The summed E-state index contributed by atoms with van der Waals surface area (Å²) in [7, 11) is 2.24. The van der Waals surface area contributed by atoms with E-state index in [-0.39, 0.29) is 0 Å². The first-order valence-corrected chi connectivity index (χ1v) is 5.35. The number of hydrogen-bond acceptors (Lipinski definition) is 3. The molecule has 1 N–H and O–H groups in total. The lowest BCUT2D eigenvalue weighted by Gasteiger charge is -2.38. The van der Waals surface area contributed by atoms with Gasteiger partial charge in [-0.25, -0.2) is 0 Å². The molecule has 0 spiro atoms. The highest BCUT2D eigenvalue weighted by Gasteiger charge is 2.24. The van der Waals surface area contributed by atoms with E-state index in [0.29, 0.717) is 0 Å². The van der Waals surface area contributed by atoms with Gasteiger partial charge in [0, 0.05) is 32.3 Å². The average Bonchev–Trinajstić information content (AvgIpc) is 2.02. The standard InChI is InChI=1S/C10H20N2O/c1-12(10-5-11-6-10)7-9-3-2-4-13-8-9/h9-11H,2-8H2,1H3. The summed E-state index contributed by atoms with van der Waals surface area (Å²) < 4.78 is 5.47. The molecule has 3 heteroatoms. The van der Waals surface area contributed by atoms with E-state index >= 15 is 0 Å². The molecule has 2 aliphatic heterocycles. The molecule has 0 saturated carbocycles. The minimum Gasteiger partial charge on any atom is -0.381 e. The van der Waals surface area contributed by atoms with Gasteiger partial charge in [0.1, 0.15) is 0 Å². The Labute approximate surface area is 80.4 Å². The third-order valence-electron chi connectivity index (χ3n) is 3.18. The SMILES string of the molecule is CN(CC1CCCOC1)C1CNC1. The summed E-state index contributed by atoms with van der Waals surface area (Å²) in [6.07, 6.45) is 2.60. The summed E-state index contributed by atoms with van der Waals surface area (Å²) in [5, 5.41) is 3.31. The minimum absolute atomic E-state index is 0.777. The van der Waals surface area contributed by atoms with Gasteiger partial charge < -0.3 is 15.0 Å². The third-order valence-corrected chi connectivity index (χ3v) is 3.18. The molecule has 0 aromatic rings. The second-order valence-corrected chi connectivity index (χ2v) is 4.33. The lowest BCUT2D eigenvalue weighted by Crippen LogP contribution is -2.57. The Morgan fingerprint density at radius 3 is 2.85 bits per heavy atom. The fourth-order valence-corrected chi connectivity index (χ4v) is 2.09. The highest BCUT2D eigenvalue weighted by atomic mass is 16.5. The van der Waals surface area contributed by atoms with E-state index in [1.165, 1.54) is 32.5 Å². The highest BCUT2D eigenvalue weighted by molar-refractivity contribution is 4.84. The van der Waals surface area contributed by atoms with Gasteiger partial charge in [0.25, 0.3) is 0 Å². The molecule has 0 bridgehead atoms. The summed E-state index contributed by atoms with van der Waals surface area (Å²) in [5.74, 6) is 0.777. The maximum atomic E-state index is 5.47. The van der Waals surface area contributed by atoms with E-state index in [0.717, 1.165) is 25.2 Å². The summed E-state index contributed by atoms with van der Waals surface area (Å²) in [4.78, 5) is 2.48. The monoisotopic (exact) mass is 184 g/mol. The number of likely N-dealkylation sites (N-methyl/N-ethyl adjacent to an activating group) is 1. The van der Waals surface area contributed by atoms with Gasteiger partial charge in [-0.1, -0.05) is 0 Å². The van der Waals surface area contributed by atoms with Crippen molar-refractivity contribution in [3.63, 3.8) is 0 Å². The van der Waals surface area contributed by atoms with Crippen LogP contribution >= 0.6 is 0 Å². The van der Waals surface area contributed by atoms with Crippen LogP contribution in [-0.2, 0) is 4.74 Å². The van der Waals surface area contributed by atoms with E-state index < -0.39 is 0 Å². The molecule has 76 valence electrons. The van der Waals surface area contributed by atoms with E-state index in [4.69, 9.17) is 4.74 Å². The molecule has 1 atom stereocenters. The molecule has 0 aromatic heterocycles. The topological polar surface area (TPSA) is 24.5 Å². The van der Waals surface area contributed by atoms with E-state index in [1.807, 2.05) is 0 Å². The van der Waals surface area contributed by atoms with Crippen molar-refractivity contribution in [3.05, 3.63) is 0 Å². The highest BCUT2D eigenvalue weighted by Crippen LogP contribution is 2.16. The van der Waals surface area contributed by atoms with Crippen LogP contribution in [0, 0.1) is 5.92 Å². The van der Waals surface area contributed by atoms with Crippen molar-refractivity contribution in [2.24, 2.45) is 5.92 Å². The molecule has 2 heterocycles. The lowest BCUT2D eigenvalue weighted by atomic mass is 10.0. The second kappa shape index (κ2) is 4.40. The van der Waals surface area contributed by atoms with Crippen molar-refractivity contribution < 1.29 is 4.74 Å². The van der Waals surface area contributed by atoms with Gasteiger partial charge in [0.05, 0.1) is 6.61 Å². The quantitative estimate of drug-likeness (QED) is 0.683. The molecule has 0 amide bonds. The lowest BCUT2D eigenvalue weighted by molar-refractivity contribution is 0.0318. The average molecular weight is 184 g/mol. The van der Waals surface area contributed by atoms with Crippen LogP contribution in [0.4, 0.5) is 0 Å². The largest absolute Gasteiger partial charge is 0.381 e. The van der Waals surface area contributed by atoms with Gasteiger partial charge in [-0.05, 0) is 25.8 Å². The molecule has 2 rings (SSSR count). The number of ether oxygens (including phenoxy) is 1. The zero-order valence-electron chi connectivity index (χ0n) is 8.46. The van der Waals surface area contributed by atoms with Crippen LogP contribution in [-0.4, -0.2) is 50.8 Å². The second-order valence-electron chi connectivity index (χ2n) is 4.33. The summed E-state index contributed by atoms with van der Waals surface area (Å²) >= 11 is 0. The molecule has 13 heavy (non-hydrogen) atoms. The van der Waals surface area contributed by atoms with Gasteiger partial charge >= 0.3 is 0 Å². The van der Waals surface area contributed by atoms with Crippen molar-refractivity contribution in [2.45, 2.75) is 18.9 Å². The van der Waals surface area contributed by atoms with Gasteiger partial charge in [-0.2, -0.15) is 0 Å². The number of nitrogens with zero attached hydrogens (tertiary/aromatic N) is 1. The maximum Gasteiger partial charge on any atom is 0.0506 e. The van der Waals surface area contributed by atoms with Crippen molar-refractivity contribution >= 4 is 0 Å². The van der Waals surface area contributed by atoms with Crippen molar-refractivity contribution in [3.8, 4) is 0 Å². The Balaban J connectivity index is 1.69. The minimum atomic E-state index is 0.777. The molecular formula is C10H20N2O. The first-order valence-electron chi connectivity index (χ1n) is 5.35. The number of nitrogens with one attached hydrogen (secondary N) is 1. The van der Waals surface area contributed by atoms with Gasteiger partial charge in [0.15, 0.2) is 0 Å². The Hall–Kier alpha value is -0.120. The normalized spacial score (nSPS) is 30.5. The van der Waals surface area contributed by atoms with Crippen molar-refractivity contribution in [2.75, 3.05) is 39.9 Å². The Morgan fingerprint density at radius 1 is 1.46 bits per heavy atom. The Kier molecular flexibility index (Phi) is 3.19. The van der Waals surface area contributed by atoms with E-state index in [2.05, 4.69) is 17.3 Å². The number of rotatable bonds is 3. The first-order chi connectivity index (χ1) is 6.36. The molecule has 2 saturated heterocycles. The predicted molar refractivity (Wildman–Crippen MR) is 52.8 cm³/mol. The van der Waals surface area contributed by atoms with E-state index in [1.54, 1.807) is 0 Å². The molecule has 0 aromatic carbocycles. The Bertz CT molecular complexity index is 153. The predicted octanol–water partition coefficient (Wildman–Crippen LogP) is 0.317. The van der Waals surface area contributed by atoms with Gasteiger partial charge in [0.2, 0.25) is 0 Å². The molecule has 1 unspecified atom stereocenters. The molecule has 0 radical (unpaired) electrons. The van der Waals surface area contributed by atoms with Crippen LogP contribution in [0.3, 0.4) is 0 Å². The first kappa shape index (κ1) is 9.44. The van der Waals surface area contributed by atoms with E-state index in [9.17, 15) is 0 Å². The third kappa shape index (κ3) is 2.42. The van der Waals surface area contributed by atoms with Crippen LogP contribution in [0.1, 0.15) is 12.8 Å². The zero-order valence-corrected chi connectivity index (χ0v) is 8.46. The summed E-state index contributed by atoms with van der Waals surface area (Å²) in [6, 6.07) is 0.780. The fourth-order valence-electron chi connectivity index (χ4n) is 2.09. The smallest absolute Gasteiger partial charge is 0.0506 e. The van der Waals surface area contributed by atoms with Gasteiger partial charge in [-0.15, -0.1) is 0 Å². The number of hydrogen-bond donors (Lipinski definition) is 1. The Morgan fingerprint density at radius 2 is 2.31 bits per heavy atom. The fraction of sp³-hybridized carbons (Fsp3) is 1.00.